The summed E-state index contributed by atoms with van der Waals surface area (Å²) < 4.78 is 0. The summed E-state index contributed by atoms with van der Waals surface area (Å²) in [5.41, 5.74) is 6.13. The molecule has 20 heavy (non-hydrogen) atoms. The van der Waals surface area contributed by atoms with Gasteiger partial charge in [0.25, 0.3) is 0 Å². The van der Waals surface area contributed by atoms with Crippen LogP contribution in [0.1, 0.15) is 45.1 Å². The monoisotopic (exact) mass is 294 g/mol. The number of nitrogens with one attached hydrogen (secondary N) is 1. The maximum atomic E-state index is 12.6. The van der Waals surface area contributed by atoms with Gasteiger partial charge in [-0.3, -0.25) is 4.79 Å². The Morgan fingerprint density at radius 3 is 2.45 bits per heavy atom. The van der Waals surface area contributed by atoms with Crippen molar-refractivity contribution in [3.05, 3.63) is 34.9 Å². The summed E-state index contributed by atoms with van der Waals surface area (Å²) >= 11 is 6.22. The molecule has 3 N–H and O–H groups in total. The van der Waals surface area contributed by atoms with Gasteiger partial charge in [-0.2, -0.15) is 0 Å². The second kappa shape index (κ2) is 6.15. The molecule has 0 aliphatic heterocycles. The molecule has 0 spiro atoms. The highest BCUT2D eigenvalue weighted by atomic mass is 35.5. The van der Waals surface area contributed by atoms with E-state index >= 15 is 0 Å². The van der Waals surface area contributed by atoms with Crippen LogP contribution in [0.5, 0.6) is 0 Å². The highest BCUT2D eigenvalue weighted by Gasteiger charge is 2.33. The van der Waals surface area contributed by atoms with Crippen molar-refractivity contribution in [1.29, 1.82) is 0 Å². The third-order valence-electron chi connectivity index (χ3n) is 4.22. The highest BCUT2D eigenvalue weighted by Crippen LogP contribution is 2.30. The Morgan fingerprint density at radius 1 is 1.25 bits per heavy atom. The van der Waals surface area contributed by atoms with Gasteiger partial charge in [0.2, 0.25) is 5.91 Å². The molecular formula is C16H23ClN2O. The number of hydrogen-bond donors (Lipinski definition) is 2. The van der Waals surface area contributed by atoms with Crippen molar-refractivity contribution >= 4 is 17.5 Å². The molecule has 1 aliphatic carbocycles. The summed E-state index contributed by atoms with van der Waals surface area (Å²) in [5.74, 6) is 0.0334. The van der Waals surface area contributed by atoms with Gasteiger partial charge in [0.05, 0.1) is 5.41 Å². The Morgan fingerprint density at radius 2 is 1.85 bits per heavy atom. The van der Waals surface area contributed by atoms with Crippen LogP contribution in [0.15, 0.2) is 24.3 Å². The fourth-order valence-electron chi connectivity index (χ4n) is 2.72. The summed E-state index contributed by atoms with van der Waals surface area (Å²) in [4.78, 5) is 12.6. The number of rotatable bonds is 3. The Labute approximate surface area is 125 Å². The van der Waals surface area contributed by atoms with Crippen LogP contribution < -0.4 is 11.1 Å². The molecule has 1 saturated carbocycles. The molecule has 0 unspecified atom stereocenters. The number of carbonyl (C=O) groups excluding carboxylic acids is 1. The van der Waals surface area contributed by atoms with E-state index in [9.17, 15) is 4.79 Å². The van der Waals surface area contributed by atoms with E-state index in [1.54, 1.807) is 0 Å². The Kier molecular flexibility index (Phi) is 4.71. The minimum absolute atomic E-state index is 0.0334. The second-order valence-corrected chi connectivity index (χ2v) is 6.60. The van der Waals surface area contributed by atoms with Crippen molar-refractivity contribution in [2.45, 2.75) is 57.0 Å². The van der Waals surface area contributed by atoms with Gasteiger partial charge in [-0.1, -0.05) is 29.8 Å². The Balaban J connectivity index is 2.06. The van der Waals surface area contributed by atoms with E-state index in [1.165, 1.54) is 0 Å². The zero-order chi connectivity index (χ0) is 14.8. The van der Waals surface area contributed by atoms with E-state index in [2.05, 4.69) is 5.32 Å². The zero-order valence-corrected chi connectivity index (χ0v) is 12.9. The molecule has 0 aromatic heterocycles. The number of halogens is 1. The lowest BCUT2D eigenvalue weighted by molar-refractivity contribution is -0.126. The molecule has 2 rings (SSSR count). The maximum absolute atomic E-state index is 12.6. The fourth-order valence-corrected chi connectivity index (χ4v) is 3.09. The third kappa shape index (κ3) is 3.33. The van der Waals surface area contributed by atoms with Crippen LogP contribution in [0, 0.1) is 0 Å². The SMILES string of the molecule is CC(C)(C(=O)NC1CCC(N)CC1)c1ccccc1Cl. The maximum Gasteiger partial charge on any atom is 0.230 e. The van der Waals surface area contributed by atoms with Crippen LogP contribution in [0.3, 0.4) is 0 Å². The van der Waals surface area contributed by atoms with E-state index in [-0.39, 0.29) is 11.9 Å². The van der Waals surface area contributed by atoms with Crippen molar-refractivity contribution in [2.75, 3.05) is 0 Å². The van der Waals surface area contributed by atoms with E-state index in [4.69, 9.17) is 17.3 Å². The molecule has 110 valence electrons. The normalized spacial score (nSPS) is 23.4. The first-order chi connectivity index (χ1) is 9.41. The molecular weight excluding hydrogens is 272 g/mol. The fraction of sp³-hybridized carbons (Fsp3) is 0.562. The summed E-state index contributed by atoms with van der Waals surface area (Å²) in [7, 11) is 0. The number of amides is 1. The minimum Gasteiger partial charge on any atom is -0.353 e. The van der Waals surface area contributed by atoms with Gasteiger partial charge in [-0.25, -0.2) is 0 Å². The van der Waals surface area contributed by atoms with E-state index < -0.39 is 5.41 Å². The average Bonchev–Trinajstić information content (AvgIpc) is 2.41. The first-order valence-electron chi connectivity index (χ1n) is 7.23. The quantitative estimate of drug-likeness (QED) is 0.900. The smallest absolute Gasteiger partial charge is 0.230 e. The lowest BCUT2D eigenvalue weighted by Crippen LogP contribution is -2.47. The highest BCUT2D eigenvalue weighted by molar-refractivity contribution is 6.31. The van der Waals surface area contributed by atoms with E-state index in [1.807, 2.05) is 38.1 Å². The van der Waals surface area contributed by atoms with E-state index in [0.717, 1.165) is 31.2 Å². The molecule has 0 saturated heterocycles. The van der Waals surface area contributed by atoms with Crippen LogP contribution in [0.25, 0.3) is 0 Å². The molecule has 0 radical (unpaired) electrons. The van der Waals surface area contributed by atoms with Crippen LogP contribution in [0.4, 0.5) is 0 Å². The van der Waals surface area contributed by atoms with Crippen molar-refractivity contribution in [1.82, 2.24) is 5.32 Å². The average molecular weight is 295 g/mol. The number of benzene rings is 1. The third-order valence-corrected chi connectivity index (χ3v) is 4.55. The lowest BCUT2D eigenvalue weighted by Gasteiger charge is -2.31. The van der Waals surface area contributed by atoms with Crippen molar-refractivity contribution in [2.24, 2.45) is 5.73 Å². The lowest BCUT2D eigenvalue weighted by atomic mass is 9.82. The molecule has 1 fully saturated rings. The molecule has 0 atom stereocenters. The number of carbonyl (C=O) groups is 1. The van der Waals surface area contributed by atoms with Crippen LogP contribution in [-0.2, 0) is 10.2 Å². The summed E-state index contributed by atoms with van der Waals surface area (Å²) in [6.45, 7) is 3.83. The molecule has 1 amide bonds. The summed E-state index contributed by atoms with van der Waals surface area (Å²) in [5, 5.41) is 3.79. The van der Waals surface area contributed by atoms with Gasteiger partial charge in [0.15, 0.2) is 0 Å². The van der Waals surface area contributed by atoms with Gasteiger partial charge < -0.3 is 11.1 Å². The molecule has 1 aromatic carbocycles. The standard InChI is InChI=1S/C16H23ClN2O/c1-16(2,13-5-3-4-6-14(13)17)15(20)19-12-9-7-11(18)8-10-12/h3-6,11-12H,7-10,18H2,1-2H3,(H,19,20). The van der Waals surface area contributed by atoms with Gasteiger partial charge in [0.1, 0.15) is 0 Å². The predicted molar refractivity (Wildman–Crippen MR) is 82.9 cm³/mol. The van der Waals surface area contributed by atoms with Gasteiger partial charge in [-0.05, 0) is 51.2 Å². The van der Waals surface area contributed by atoms with Gasteiger partial charge >= 0.3 is 0 Å². The number of nitrogens with two attached hydrogens (primary N) is 1. The molecule has 1 aliphatic rings. The molecule has 0 bridgehead atoms. The van der Waals surface area contributed by atoms with Gasteiger partial charge in [0, 0.05) is 17.1 Å². The Hall–Kier alpha value is -1.06. The summed E-state index contributed by atoms with van der Waals surface area (Å²) in [6, 6.07) is 8.06. The minimum atomic E-state index is -0.627. The molecule has 4 heteroatoms. The Bertz CT molecular complexity index is 479. The van der Waals surface area contributed by atoms with Crippen LogP contribution in [0.2, 0.25) is 5.02 Å². The van der Waals surface area contributed by atoms with Crippen LogP contribution >= 0.6 is 11.6 Å². The van der Waals surface area contributed by atoms with Gasteiger partial charge in [-0.15, -0.1) is 0 Å². The molecule has 3 nitrogen and oxygen atoms in total. The summed E-state index contributed by atoms with van der Waals surface area (Å²) in [6.07, 6.45) is 3.89. The molecule has 1 aromatic rings. The van der Waals surface area contributed by atoms with E-state index in [0.29, 0.717) is 11.1 Å². The first-order valence-corrected chi connectivity index (χ1v) is 7.60. The predicted octanol–water partition coefficient (Wildman–Crippen LogP) is 3.00. The van der Waals surface area contributed by atoms with Crippen molar-refractivity contribution in [3.63, 3.8) is 0 Å². The van der Waals surface area contributed by atoms with Crippen LogP contribution in [-0.4, -0.2) is 18.0 Å². The van der Waals surface area contributed by atoms with Crippen molar-refractivity contribution < 1.29 is 4.79 Å². The second-order valence-electron chi connectivity index (χ2n) is 6.19. The first kappa shape index (κ1) is 15.3. The zero-order valence-electron chi connectivity index (χ0n) is 12.2. The topological polar surface area (TPSA) is 55.1 Å². The largest absolute Gasteiger partial charge is 0.353 e. The molecule has 0 heterocycles. The number of hydrogen-bond acceptors (Lipinski definition) is 2. The van der Waals surface area contributed by atoms with Crippen molar-refractivity contribution in [3.8, 4) is 0 Å².